The number of anilines is 1. The monoisotopic (exact) mass is 298 g/mol. The van der Waals surface area contributed by atoms with E-state index < -0.39 is 5.97 Å². The molecule has 0 aliphatic heterocycles. The largest absolute Gasteiger partial charge is 0.462 e. The number of esters is 1. The second-order valence-corrected chi connectivity index (χ2v) is 5.32. The molecule has 1 unspecified atom stereocenters. The van der Waals surface area contributed by atoms with Crippen LogP contribution in [-0.2, 0) is 4.74 Å². The molecule has 5 nitrogen and oxygen atoms in total. The highest BCUT2D eigenvalue weighted by molar-refractivity contribution is 6.29. The van der Waals surface area contributed by atoms with Crippen LogP contribution < -0.4 is 5.32 Å². The zero-order valence-corrected chi connectivity index (χ0v) is 12.2. The Morgan fingerprint density at radius 2 is 2.40 bits per heavy atom. The molecule has 2 N–H and O–H groups in total. The van der Waals surface area contributed by atoms with Crippen LogP contribution in [0.1, 0.15) is 43.0 Å². The van der Waals surface area contributed by atoms with E-state index in [-0.39, 0.29) is 12.1 Å². The SMILES string of the molecule is CCOC(=O)c1cnc(Cl)cc1N[C@H]1CCCC(O)C1. The number of nitrogens with one attached hydrogen (secondary N) is 1. The molecule has 1 aliphatic carbocycles. The summed E-state index contributed by atoms with van der Waals surface area (Å²) in [6.45, 7) is 2.06. The van der Waals surface area contributed by atoms with Gasteiger partial charge in [-0.3, -0.25) is 0 Å². The van der Waals surface area contributed by atoms with Crippen molar-refractivity contribution in [1.82, 2.24) is 4.98 Å². The van der Waals surface area contributed by atoms with Crippen LogP contribution in [0, 0.1) is 0 Å². The normalized spacial score (nSPS) is 22.4. The van der Waals surface area contributed by atoms with Gasteiger partial charge >= 0.3 is 5.97 Å². The van der Waals surface area contributed by atoms with E-state index in [0.717, 1.165) is 19.3 Å². The minimum absolute atomic E-state index is 0.130. The predicted octanol–water partition coefficient (Wildman–Crippen LogP) is 2.63. The summed E-state index contributed by atoms with van der Waals surface area (Å²) in [6.07, 6.45) is 4.56. The molecule has 1 aromatic heterocycles. The van der Waals surface area contributed by atoms with Crippen molar-refractivity contribution in [2.24, 2.45) is 0 Å². The lowest BCUT2D eigenvalue weighted by molar-refractivity contribution is 0.0527. The van der Waals surface area contributed by atoms with Gasteiger partial charge in [0.2, 0.25) is 0 Å². The van der Waals surface area contributed by atoms with Gasteiger partial charge in [-0.05, 0) is 38.7 Å². The first-order valence-electron chi connectivity index (χ1n) is 6.87. The van der Waals surface area contributed by atoms with Crippen molar-refractivity contribution in [2.45, 2.75) is 44.8 Å². The van der Waals surface area contributed by atoms with Crippen LogP contribution in [-0.4, -0.2) is 34.8 Å². The molecule has 1 aromatic rings. The Morgan fingerprint density at radius 3 is 3.10 bits per heavy atom. The van der Waals surface area contributed by atoms with E-state index >= 15 is 0 Å². The smallest absolute Gasteiger partial charge is 0.341 e. The minimum atomic E-state index is -0.421. The standard InChI is InChI=1S/C14H19ClN2O3/c1-2-20-14(19)11-8-16-13(15)7-12(11)17-9-4-3-5-10(18)6-9/h7-10,18H,2-6H2,1H3,(H,16,17)/t9-,10?/m0/s1. The first-order valence-corrected chi connectivity index (χ1v) is 7.25. The van der Waals surface area contributed by atoms with Gasteiger partial charge in [-0.25, -0.2) is 9.78 Å². The maximum absolute atomic E-state index is 11.9. The number of rotatable bonds is 4. The Bertz CT molecular complexity index is 481. The second kappa shape index (κ2) is 6.90. The molecule has 6 heteroatoms. The molecule has 20 heavy (non-hydrogen) atoms. The van der Waals surface area contributed by atoms with Gasteiger partial charge in [0.15, 0.2) is 0 Å². The summed E-state index contributed by atoms with van der Waals surface area (Å²) in [6, 6.07) is 1.75. The van der Waals surface area contributed by atoms with Crippen LogP contribution in [0.4, 0.5) is 5.69 Å². The third kappa shape index (κ3) is 3.84. The van der Waals surface area contributed by atoms with Gasteiger partial charge in [-0.2, -0.15) is 0 Å². The molecule has 2 atom stereocenters. The number of pyridine rings is 1. The summed E-state index contributed by atoms with van der Waals surface area (Å²) < 4.78 is 5.01. The van der Waals surface area contributed by atoms with Crippen LogP contribution in [0.3, 0.4) is 0 Å². The summed E-state index contributed by atoms with van der Waals surface area (Å²) in [4.78, 5) is 15.8. The molecule has 1 saturated carbocycles. The highest BCUT2D eigenvalue weighted by Crippen LogP contribution is 2.26. The van der Waals surface area contributed by atoms with Gasteiger partial charge in [0, 0.05) is 12.2 Å². The maximum Gasteiger partial charge on any atom is 0.341 e. The number of aliphatic hydroxyl groups excluding tert-OH is 1. The summed E-state index contributed by atoms with van der Waals surface area (Å²) in [5.74, 6) is -0.421. The number of aromatic nitrogens is 1. The van der Waals surface area contributed by atoms with E-state index in [9.17, 15) is 9.90 Å². The Kier molecular flexibility index (Phi) is 5.20. The molecular formula is C14H19ClN2O3. The van der Waals surface area contributed by atoms with E-state index in [1.54, 1.807) is 13.0 Å². The van der Waals surface area contributed by atoms with E-state index in [4.69, 9.17) is 16.3 Å². The van der Waals surface area contributed by atoms with Crippen molar-refractivity contribution in [1.29, 1.82) is 0 Å². The van der Waals surface area contributed by atoms with E-state index in [2.05, 4.69) is 10.3 Å². The van der Waals surface area contributed by atoms with Crippen molar-refractivity contribution in [3.63, 3.8) is 0 Å². The lowest BCUT2D eigenvalue weighted by atomic mass is 9.93. The Hall–Kier alpha value is -1.33. The fourth-order valence-electron chi connectivity index (χ4n) is 2.44. The number of ether oxygens (including phenoxy) is 1. The highest BCUT2D eigenvalue weighted by Gasteiger charge is 2.22. The average molecular weight is 299 g/mol. The highest BCUT2D eigenvalue weighted by atomic mass is 35.5. The van der Waals surface area contributed by atoms with Gasteiger partial charge < -0.3 is 15.2 Å². The number of hydrogen-bond donors (Lipinski definition) is 2. The third-order valence-electron chi connectivity index (χ3n) is 3.37. The number of aliphatic hydroxyl groups is 1. The fraction of sp³-hybridized carbons (Fsp3) is 0.571. The molecule has 0 bridgehead atoms. The van der Waals surface area contributed by atoms with Crippen molar-refractivity contribution >= 4 is 23.3 Å². The predicted molar refractivity (Wildman–Crippen MR) is 77.1 cm³/mol. The van der Waals surface area contributed by atoms with Crippen molar-refractivity contribution in [3.05, 3.63) is 23.0 Å². The summed E-state index contributed by atoms with van der Waals surface area (Å²) in [7, 11) is 0. The fourth-order valence-corrected chi connectivity index (χ4v) is 2.59. The molecule has 0 amide bonds. The van der Waals surface area contributed by atoms with Gasteiger partial charge in [0.25, 0.3) is 0 Å². The lowest BCUT2D eigenvalue weighted by Crippen LogP contribution is -2.30. The molecule has 1 aliphatic rings. The van der Waals surface area contributed by atoms with Crippen molar-refractivity contribution < 1.29 is 14.6 Å². The minimum Gasteiger partial charge on any atom is -0.462 e. The molecular weight excluding hydrogens is 280 g/mol. The quantitative estimate of drug-likeness (QED) is 0.660. The van der Waals surface area contributed by atoms with Crippen molar-refractivity contribution in [2.75, 3.05) is 11.9 Å². The Labute approximate surface area is 123 Å². The molecule has 0 saturated heterocycles. The third-order valence-corrected chi connectivity index (χ3v) is 3.58. The number of carbonyl (C=O) groups excluding carboxylic acids is 1. The van der Waals surface area contributed by atoms with Gasteiger partial charge in [-0.15, -0.1) is 0 Å². The lowest BCUT2D eigenvalue weighted by Gasteiger charge is -2.28. The van der Waals surface area contributed by atoms with Gasteiger partial charge in [-0.1, -0.05) is 11.6 Å². The maximum atomic E-state index is 11.9. The number of hydrogen-bond acceptors (Lipinski definition) is 5. The van der Waals surface area contributed by atoms with Crippen LogP contribution in [0.5, 0.6) is 0 Å². The second-order valence-electron chi connectivity index (χ2n) is 4.93. The number of nitrogens with zero attached hydrogens (tertiary/aromatic N) is 1. The molecule has 0 spiro atoms. The van der Waals surface area contributed by atoms with E-state index in [1.807, 2.05) is 0 Å². The summed E-state index contributed by atoms with van der Waals surface area (Å²) in [5, 5.41) is 13.3. The first-order chi connectivity index (χ1) is 9.60. The van der Waals surface area contributed by atoms with Gasteiger partial charge in [0.05, 0.1) is 18.4 Å². The van der Waals surface area contributed by atoms with Crippen molar-refractivity contribution in [3.8, 4) is 0 Å². The molecule has 110 valence electrons. The Balaban J connectivity index is 2.16. The zero-order chi connectivity index (χ0) is 14.5. The topological polar surface area (TPSA) is 71.5 Å². The van der Waals surface area contributed by atoms with Crippen LogP contribution >= 0.6 is 11.6 Å². The van der Waals surface area contributed by atoms with Gasteiger partial charge in [0.1, 0.15) is 10.7 Å². The first kappa shape index (κ1) is 15.1. The van der Waals surface area contributed by atoms with E-state index in [1.165, 1.54) is 6.20 Å². The van der Waals surface area contributed by atoms with Crippen LogP contribution in [0.15, 0.2) is 12.3 Å². The molecule has 1 heterocycles. The number of halogens is 1. The van der Waals surface area contributed by atoms with E-state index in [0.29, 0.717) is 29.4 Å². The molecule has 0 radical (unpaired) electrons. The average Bonchev–Trinajstić information content (AvgIpc) is 2.39. The number of carbonyl (C=O) groups is 1. The van der Waals surface area contributed by atoms with Crippen LogP contribution in [0.25, 0.3) is 0 Å². The molecule has 2 rings (SSSR count). The van der Waals surface area contributed by atoms with Crippen LogP contribution in [0.2, 0.25) is 5.15 Å². The Morgan fingerprint density at radius 1 is 1.60 bits per heavy atom. The zero-order valence-electron chi connectivity index (χ0n) is 11.4. The summed E-state index contributed by atoms with van der Waals surface area (Å²) in [5.41, 5.74) is 0.985. The molecule has 1 fully saturated rings. The summed E-state index contributed by atoms with van der Waals surface area (Å²) >= 11 is 5.89. The molecule has 0 aromatic carbocycles.